The highest BCUT2D eigenvalue weighted by Crippen LogP contribution is 2.53. The lowest BCUT2D eigenvalue weighted by atomic mass is 9.75. The molecule has 2 fully saturated rings. The lowest BCUT2D eigenvalue weighted by Gasteiger charge is -2.50. The van der Waals surface area contributed by atoms with Crippen molar-refractivity contribution < 1.29 is 14.0 Å². The van der Waals surface area contributed by atoms with Crippen LogP contribution in [0.25, 0.3) is 0 Å². The molecule has 3 unspecified atom stereocenters. The standard InChI is InChI=1S/C37H39ClNO2S/c1-39(32-22-23-34(39)35(36(40)41-2)33(26-32)27-18-20-31(38)21-19-27)24-25-42-37(28-12-6-3-7-13-28,29-14-8-4-9-15-29)30-16-10-5-11-17-30/h3-21,32-35H,22-26H2,1-2H3/q+1/t32?,33-,34?,35+,39?/m1/s1. The summed E-state index contributed by atoms with van der Waals surface area (Å²) in [5.41, 5.74) is 5.05. The van der Waals surface area contributed by atoms with Gasteiger partial charge in [0.2, 0.25) is 0 Å². The third-order valence-electron chi connectivity index (χ3n) is 9.97. The number of halogens is 1. The number of ether oxygens (including phenoxy) is 1. The van der Waals surface area contributed by atoms with Crippen molar-refractivity contribution in [3.05, 3.63) is 143 Å². The number of fused-ring (bicyclic) bond motifs is 2. The Balaban J connectivity index is 1.33. The monoisotopic (exact) mass is 596 g/mol. The van der Waals surface area contributed by atoms with E-state index in [0.717, 1.165) is 41.1 Å². The van der Waals surface area contributed by atoms with Gasteiger partial charge in [0.05, 0.1) is 31.5 Å². The molecule has 2 bridgehead atoms. The fraction of sp³-hybridized carbons (Fsp3) is 0.324. The largest absolute Gasteiger partial charge is 0.469 e. The molecule has 5 heteroatoms. The number of methoxy groups -OCH3 is 1. The van der Waals surface area contributed by atoms with E-state index in [-0.39, 0.29) is 28.6 Å². The van der Waals surface area contributed by atoms with E-state index in [2.05, 4.69) is 110 Å². The van der Waals surface area contributed by atoms with Gasteiger partial charge in [-0.2, -0.15) is 0 Å². The zero-order valence-electron chi connectivity index (χ0n) is 24.4. The second-order valence-corrected chi connectivity index (χ2v) is 13.7. The van der Waals surface area contributed by atoms with Crippen molar-refractivity contribution >= 4 is 29.3 Å². The number of piperidine rings is 1. The van der Waals surface area contributed by atoms with Crippen LogP contribution in [-0.4, -0.2) is 49.0 Å². The highest BCUT2D eigenvalue weighted by molar-refractivity contribution is 8.00. The molecule has 2 aliphatic heterocycles. The smallest absolute Gasteiger partial charge is 0.315 e. The highest BCUT2D eigenvalue weighted by atomic mass is 35.5. The Morgan fingerprint density at radius 3 is 1.86 bits per heavy atom. The van der Waals surface area contributed by atoms with Gasteiger partial charge in [-0.3, -0.25) is 4.79 Å². The molecule has 5 atom stereocenters. The number of quaternary nitrogens is 1. The van der Waals surface area contributed by atoms with Crippen LogP contribution >= 0.6 is 23.4 Å². The number of hydrogen-bond acceptors (Lipinski definition) is 3. The lowest BCUT2D eigenvalue weighted by molar-refractivity contribution is -0.949. The summed E-state index contributed by atoms with van der Waals surface area (Å²) in [7, 11) is 3.93. The summed E-state index contributed by atoms with van der Waals surface area (Å²) in [6.07, 6.45) is 3.18. The molecule has 216 valence electrons. The minimum atomic E-state index is -0.342. The maximum Gasteiger partial charge on any atom is 0.315 e. The average Bonchev–Trinajstić information content (AvgIpc) is 3.21. The molecule has 3 nitrogen and oxygen atoms in total. The molecular formula is C37H39ClNO2S+. The van der Waals surface area contributed by atoms with E-state index < -0.39 is 0 Å². The zero-order valence-corrected chi connectivity index (χ0v) is 25.9. The Kier molecular flexibility index (Phi) is 8.49. The Morgan fingerprint density at radius 1 is 0.833 bits per heavy atom. The van der Waals surface area contributed by atoms with E-state index in [1.54, 1.807) is 0 Å². The first-order valence-corrected chi connectivity index (χ1v) is 16.3. The van der Waals surface area contributed by atoms with Crippen molar-refractivity contribution in [3.63, 3.8) is 0 Å². The number of carbonyl (C=O) groups excluding carboxylic acids is 1. The van der Waals surface area contributed by atoms with Crippen molar-refractivity contribution in [1.82, 2.24) is 0 Å². The molecule has 4 aromatic carbocycles. The molecule has 0 spiro atoms. The van der Waals surface area contributed by atoms with E-state index in [9.17, 15) is 4.79 Å². The number of carbonyl (C=O) groups is 1. The van der Waals surface area contributed by atoms with Gasteiger partial charge in [0.1, 0.15) is 12.0 Å². The summed E-state index contributed by atoms with van der Waals surface area (Å²) in [4.78, 5) is 13.4. The second kappa shape index (κ2) is 12.3. The van der Waals surface area contributed by atoms with Gasteiger partial charge in [0, 0.05) is 36.0 Å². The van der Waals surface area contributed by atoms with Crippen LogP contribution in [0.1, 0.15) is 47.4 Å². The molecule has 0 radical (unpaired) electrons. The quantitative estimate of drug-likeness (QED) is 0.110. The van der Waals surface area contributed by atoms with Crippen molar-refractivity contribution in [2.45, 2.75) is 42.0 Å². The maximum absolute atomic E-state index is 13.4. The van der Waals surface area contributed by atoms with E-state index in [1.165, 1.54) is 29.4 Å². The number of benzene rings is 4. The average molecular weight is 597 g/mol. The number of hydrogen-bond donors (Lipinski definition) is 0. The molecule has 4 aromatic rings. The van der Waals surface area contributed by atoms with Gasteiger partial charge in [-0.1, -0.05) is 115 Å². The highest BCUT2D eigenvalue weighted by Gasteiger charge is 2.59. The fourth-order valence-corrected chi connectivity index (χ4v) is 9.69. The summed E-state index contributed by atoms with van der Waals surface area (Å²) in [6, 6.07) is 41.6. The molecule has 6 rings (SSSR count). The summed E-state index contributed by atoms with van der Waals surface area (Å²) >= 11 is 8.24. The fourth-order valence-electron chi connectivity index (χ4n) is 7.86. The van der Waals surface area contributed by atoms with Gasteiger partial charge >= 0.3 is 5.97 Å². The summed E-state index contributed by atoms with van der Waals surface area (Å²) in [5.74, 6) is 0.876. The van der Waals surface area contributed by atoms with Gasteiger partial charge in [0.15, 0.2) is 0 Å². The van der Waals surface area contributed by atoms with E-state index in [1.807, 2.05) is 23.9 Å². The Morgan fingerprint density at radius 2 is 1.36 bits per heavy atom. The number of nitrogens with zero attached hydrogens (tertiary/aromatic N) is 1. The van der Waals surface area contributed by atoms with Crippen LogP contribution in [0, 0.1) is 5.92 Å². The summed E-state index contributed by atoms with van der Waals surface area (Å²) in [5, 5.41) is 0.725. The van der Waals surface area contributed by atoms with Crippen molar-refractivity contribution in [2.75, 3.05) is 26.5 Å². The van der Waals surface area contributed by atoms with Crippen LogP contribution in [0.4, 0.5) is 0 Å². The minimum Gasteiger partial charge on any atom is -0.469 e. The number of thioether (sulfide) groups is 1. The molecule has 0 amide bonds. The van der Waals surface area contributed by atoms with Crippen LogP contribution in [0.15, 0.2) is 115 Å². The van der Waals surface area contributed by atoms with Crippen LogP contribution in [-0.2, 0) is 14.3 Å². The third-order valence-corrected chi connectivity index (χ3v) is 11.7. The maximum atomic E-state index is 13.4. The summed E-state index contributed by atoms with van der Waals surface area (Å²) in [6.45, 7) is 0.995. The van der Waals surface area contributed by atoms with Crippen LogP contribution in [0.3, 0.4) is 0 Å². The molecule has 42 heavy (non-hydrogen) atoms. The van der Waals surface area contributed by atoms with Gasteiger partial charge in [-0.25, -0.2) is 0 Å². The normalized spacial score (nSPS) is 25.2. The molecule has 0 aliphatic carbocycles. The second-order valence-electron chi connectivity index (χ2n) is 11.9. The zero-order chi connectivity index (χ0) is 29.2. The first-order valence-electron chi connectivity index (χ1n) is 15.0. The SMILES string of the molecule is COC(=O)[C@@H]1C2CCC(C[C@@H]1c1ccc(Cl)cc1)[N+]2(C)CCSC(c1ccccc1)(c1ccccc1)c1ccccc1. The molecular weight excluding hydrogens is 558 g/mol. The molecule has 0 saturated carbocycles. The van der Waals surface area contributed by atoms with E-state index in [4.69, 9.17) is 16.3 Å². The van der Waals surface area contributed by atoms with E-state index >= 15 is 0 Å². The molecule has 0 aromatic heterocycles. The number of esters is 1. The minimum absolute atomic E-state index is 0.0792. The van der Waals surface area contributed by atoms with Crippen molar-refractivity contribution in [2.24, 2.45) is 5.92 Å². The topological polar surface area (TPSA) is 26.3 Å². The Bertz CT molecular complexity index is 1380. The van der Waals surface area contributed by atoms with Crippen molar-refractivity contribution in [3.8, 4) is 0 Å². The van der Waals surface area contributed by atoms with E-state index in [0.29, 0.717) is 6.04 Å². The Labute approximate surface area is 259 Å². The number of rotatable bonds is 9. The third kappa shape index (κ3) is 5.19. The molecule has 2 saturated heterocycles. The molecule has 0 N–H and O–H groups in total. The van der Waals surface area contributed by atoms with Crippen LogP contribution < -0.4 is 0 Å². The van der Waals surface area contributed by atoms with Gasteiger partial charge < -0.3 is 9.22 Å². The molecule has 2 aliphatic rings. The Hall–Kier alpha value is -3.05. The van der Waals surface area contributed by atoms with Crippen LogP contribution in [0.5, 0.6) is 0 Å². The first-order chi connectivity index (χ1) is 20.5. The predicted molar refractivity (Wildman–Crippen MR) is 174 cm³/mol. The van der Waals surface area contributed by atoms with Crippen molar-refractivity contribution in [1.29, 1.82) is 0 Å². The molecule has 2 heterocycles. The van der Waals surface area contributed by atoms with Gasteiger partial charge in [-0.05, 0) is 34.4 Å². The lowest BCUT2D eigenvalue weighted by Crippen LogP contribution is -2.63. The predicted octanol–water partition coefficient (Wildman–Crippen LogP) is 8.32. The van der Waals surface area contributed by atoms with Crippen LogP contribution in [0.2, 0.25) is 5.02 Å². The first kappa shape index (κ1) is 29.0. The summed E-state index contributed by atoms with van der Waals surface area (Å²) < 4.78 is 6.04. The van der Waals surface area contributed by atoms with Gasteiger partial charge in [-0.15, -0.1) is 11.8 Å². The van der Waals surface area contributed by atoms with Gasteiger partial charge in [0.25, 0.3) is 0 Å².